The Bertz CT molecular complexity index is 327. The van der Waals surface area contributed by atoms with Gasteiger partial charge >= 0.3 is 0 Å². The third-order valence-electron chi connectivity index (χ3n) is 4.18. The van der Waals surface area contributed by atoms with E-state index in [1.165, 1.54) is 0 Å². The van der Waals surface area contributed by atoms with Gasteiger partial charge in [-0.1, -0.05) is 13.8 Å². The van der Waals surface area contributed by atoms with E-state index in [1.807, 2.05) is 0 Å². The zero-order chi connectivity index (χ0) is 18.5. The molecule has 1 atom stereocenters. The van der Waals surface area contributed by atoms with Gasteiger partial charge in [0.05, 0.1) is 0 Å². The molecule has 0 aromatic rings. The number of aliphatic hydroxyl groups is 1. The highest BCUT2D eigenvalue weighted by atomic mass is 127. The number of aliphatic hydroxyl groups excluding tert-OH is 1. The SMILES string of the molecule is CCNC(=NCC(CCO)CC(C)C)NCCN(C(C)C)C(C)C.I. The van der Waals surface area contributed by atoms with Crippen LogP contribution in [0.4, 0.5) is 0 Å². The topological polar surface area (TPSA) is 59.9 Å². The Morgan fingerprint density at radius 1 is 1.04 bits per heavy atom. The quantitative estimate of drug-likeness (QED) is 0.233. The van der Waals surface area contributed by atoms with Crippen molar-refractivity contribution in [3.8, 4) is 0 Å². The van der Waals surface area contributed by atoms with Crippen LogP contribution in [0.1, 0.15) is 61.3 Å². The Morgan fingerprint density at radius 2 is 1.64 bits per heavy atom. The predicted molar refractivity (Wildman–Crippen MR) is 121 cm³/mol. The summed E-state index contributed by atoms with van der Waals surface area (Å²) in [5.41, 5.74) is 0. The standard InChI is InChI=1S/C19H42N4O.HI/c1-8-20-19(21-10-11-23(16(4)5)17(6)7)22-14-18(9-12-24)13-15(2)3;/h15-18,24H,8-14H2,1-7H3,(H2,20,21,22);1H. The molecular weight excluding hydrogens is 427 g/mol. The van der Waals surface area contributed by atoms with Crippen molar-refractivity contribution in [3.63, 3.8) is 0 Å². The second-order valence-corrected chi connectivity index (χ2v) is 7.58. The maximum absolute atomic E-state index is 9.24. The zero-order valence-corrected chi connectivity index (χ0v) is 19.8. The molecule has 0 radical (unpaired) electrons. The van der Waals surface area contributed by atoms with E-state index < -0.39 is 0 Å². The van der Waals surface area contributed by atoms with Gasteiger partial charge in [0.25, 0.3) is 0 Å². The molecule has 0 spiro atoms. The van der Waals surface area contributed by atoms with Gasteiger partial charge in [-0.15, -0.1) is 24.0 Å². The van der Waals surface area contributed by atoms with Gasteiger partial charge < -0.3 is 15.7 Å². The number of nitrogens with one attached hydrogen (secondary N) is 2. The van der Waals surface area contributed by atoms with Crippen LogP contribution in [0, 0.1) is 11.8 Å². The summed E-state index contributed by atoms with van der Waals surface area (Å²) in [4.78, 5) is 7.21. The second-order valence-electron chi connectivity index (χ2n) is 7.58. The molecule has 0 rings (SSSR count). The molecule has 0 fully saturated rings. The molecule has 0 amide bonds. The number of rotatable bonds is 12. The molecular formula is C19H43IN4O. The maximum atomic E-state index is 9.24. The highest BCUT2D eigenvalue weighted by Crippen LogP contribution is 2.15. The first-order valence-electron chi connectivity index (χ1n) is 9.70. The Kier molecular flexibility index (Phi) is 17.5. The van der Waals surface area contributed by atoms with Crippen LogP contribution in [0.15, 0.2) is 4.99 Å². The van der Waals surface area contributed by atoms with Crippen LogP contribution >= 0.6 is 24.0 Å². The minimum Gasteiger partial charge on any atom is -0.396 e. The van der Waals surface area contributed by atoms with Crippen LogP contribution in [-0.4, -0.2) is 60.8 Å². The Labute approximate surface area is 173 Å². The molecule has 0 bridgehead atoms. The summed E-state index contributed by atoms with van der Waals surface area (Å²) in [7, 11) is 0. The first-order valence-corrected chi connectivity index (χ1v) is 9.70. The van der Waals surface area contributed by atoms with Gasteiger partial charge in [0.2, 0.25) is 0 Å². The molecule has 0 saturated heterocycles. The summed E-state index contributed by atoms with van der Waals surface area (Å²) < 4.78 is 0. The maximum Gasteiger partial charge on any atom is 0.191 e. The number of aliphatic imine (C=N–C) groups is 1. The van der Waals surface area contributed by atoms with E-state index in [4.69, 9.17) is 4.99 Å². The van der Waals surface area contributed by atoms with Gasteiger partial charge in [-0.2, -0.15) is 0 Å². The minimum absolute atomic E-state index is 0. The fraction of sp³-hybridized carbons (Fsp3) is 0.947. The first-order chi connectivity index (χ1) is 11.3. The molecule has 0 aromatic heterocycles. The molecule has 0 saturated carbocycles. The van der Waals surface area contributed by atoms with Crippen molar-refractivity contribution in [1.82, 2.24) is 15.5 Å². The summed E-state index contributed by atoms with van der Waals surface area (Å²) in [5.74, 6) is 1.97. The van der Waals surface area contributed by atoms with Crippen LogP contribution in [0.25, 0.3) is 0 Å². The van der Waals surface area contributed by atoms with Crippen molar-refractivity contribution >= 4 is 29.9 Å². The molecule has 1 unspecified atom stereocenters. The van der Waals surface area contributed by atoms with E-state index in [0.717, 1.165) is 45.0 Å². The summed E-state index contributed by atoms with van der Waals surface area (Å²) >= 11 is 0. The van der Waals surface area contributed by atoms with E-state index in [0.29, 0.717) is 23.9 Å². The number of guanidine groups is 1. The lowest BCUT2D eigenvalue weighted by Crippen LogP contribution is -2.45. The van der Waals surface area contributed by atoms with Crippen LogP contribution in [0.3, 0.4) is 0 Å². The molecule has 0 aliphatic carbocycles. The lowest BCUT2D eigenvalue weighted by Gasteiger charge is -2.30. The second kappa shape index (κ2) is 16.1. The highest BCUT2D eigenvalue weighted by Gasteiger charge is 2.13. The van der Waals surface area contributed by atoms with Crippen molar-refractivity contribution < 1.29 is 5.11 Å². The van der Waals surface area contributed by atoms with E-state index in [1.54, 1.807) is 0 Å². The molecule has 3 N–H and O–H groups in total. The van der Waals surface area contributed by atoms with Gasteiger partial charge in [-0.25, -0.2) is 0 Å². The van der Waals surface area contributed by atoms with Crippen LogP contribution in [0.5, 0.6) is 0 Å². The lowest BCUT2D eigenvalue weighted by molar-refractivity contribution is 0.178. The molecule has 0 aliphatic heterocycles. The van der Waals surface area contributed by atoms with Crippen LogP contribution < -0.4 is 10.6 Å². The average Bonchev–Trinajstić information content (AvgIpc) is 2.47. The number of nitrogens with zero attached hydrogens (tertiary/aromatic N) is 2. The average molecular weight is 470 g/mol. The summed E-state index contributed by atoms with van der Waals surface area (Å²) in [5, 5.41) is 16.0. The largest absolute Gasteiger partial charge is 0.396 e. The van der Waals surface area contributed by atoms with Crippen molar-refractivity contribution in [3.05, 3.63) is 0 Å². The highest BCUT2D eigenvalue weighted by molar-refractivity contribution is 14.0. The minimum atomic E-state index is 0. The molecule has 6 heteroatoms. The van der Waals surface area contributed by atoms with Crippen molar-refractivity contribution in [2.24, 2.45) is 16.8 Å². The first kappa shape index (κ1) is 27.1. The van der Waals surface area contributed by atoms with Gasteiger partial charge in [0, 0.05) is 44.9 Å². The Balaban J connectivity index is 0. The summed E-state index contributed by atoms with van der Waals surface area (Å²) in [6.45, 7) is 19.3. The number of hydrogen-bond donors (Lipinski definition) is 3. The van der Waals surface area contributed by atoms with Crippen molar-refractivity contribution in [1.29, 1.82) is 0 Å². The van der Waals surface area contributed by atoms with E-state index in [-0.39, 0.29) is 30.6 Å². The summed E-state index contributed by atoms with van der Waals surface area (Å²) in [6, 6.07) is 1.09. The van der Waals surface area contributed by atoms with E-state index in [2.05, 4.69) is 64.0 Å². The molecule has 0 aromatic carbocycles. The summed E-state index contributed by atoms with van der Waals surface area (Å²) in [6.07, 6.45) is 1.94. The molecule has 152 valence electrons. The molecule has 5 nitrogen and oxygen atoms in total. The Hall–Kier alpha value is -0.0800. The smallest absolute Gasteiger partial charge is 0.191 e. The molecule has 0 aliphatic rings. The number of hydrogen-bond acceptors (Lipinski definition) is 3. The monoisotopic (exact) mass is 470 g/mol. The molecule has 0 heterocycles. The number of halogens is 1. The van der Waals surface area contributed by atoms with Crippen LogP contribution in [-0.2, 0) is 0 Å². The van der Waals surface area contributed by atoms with E-state index >= 15 is 0 Å². The van der Waals surface area contributed by atoms with E-state index in [9.17, 15) is 5.11 Å². The van der Waals surface area contributed by atoms with Crippen molar-refractivity contribution in [2.75, 3.05) is 32.8 Å². The lowest BCUT2D eigenvalue weighted by atomic mass is 9.94. The molecule has 25 heavy (non-hydrogen) atoms. The Morgan fingerprint density at radius 3 is 2.08 bits per heavy atom. The van der Waals surface area contributed by atoms with Crippen LogP contribution in [0.2, 0.25) is 0 Å². The fourth-order valence-electron chi connectivity index (χ4n) is 3.11. The van der Waals surface area contributed by atoms with Gasteiger partial charge in [0.1, 0.15) is 0 Å². The zero-order valence-electron chi connectivity index (χ0n) is 17.5. The normalized spacial score (nSPS) is 13.5. The van der Waals surface area contributed by atoms with Gasteiger partial charge in [0.15, 0.2) is 5.96 Å². The van der Waals surface area contributed by atoms with Crippen molar-refractivity contribution in [2.45, 2.75) is 73.4 Å². The third-order valence-corrected chi connectivity index (χ3v) is 4.18. The third kappa shape index (κ3) is 13.7. The predicted octanol–water partition coefficient (Wildman–Crippen LogP) is 3.32. The van der Waals surface area contributed by atoms with Gasteiger partial charge in [-0.05, 0) is 59.3 Å². The van der Waals surface area contributed by atoms with Gasteiger partial charge in [-0.3, -0.25) is 9.89 Å². The fourth-order valence-corrected chi connectivity index (χ4v) is 3.11.